The zero-order valence-corrected chi connectivity index (χ0v) is 15.8. The first kappa shape index (κ1) is 19.5. The Morgan fingerprint density at radius 3 is 2.31 bits per heavy atom. The Bertz CT molecular complexity index is 733. The molecule has 26 heavy (non-hydrogen) atoms. The number of imidazole rings is 1. The average Bonchev–Trinajstić information content (AvgIpc) is 3.07. The first-order valence-electron chi connectivity index (χ1n) is 8.54. The Morgan fingerprint density at radius 1 is 1.12 bits per heavy atom. The largest absolute Gasteiger partial charge is 0.444 e. The number of hydrogen-bond acceptors (Lipinski definition) is 4. The summed E-state index contributed by atoms with van der Waals surface area (Å²) in [5.74, 6) is -0.276. The van der Waals surface area contributed by atoms with Crippen LogP contribution in [0, 0.1) is 0 Å². The molecule has 1 heterocycles. The van der Waals surface area contributed by atoms with E-state index < -0.39 is 17.7 Å². The topological polar surface area (TPSA) is 85.3 Å². The van der Waals surface area contributed by atoms with Gasteiger partial charge in [0.1, 0.15) is 11.6 Å². The molecule has 0 bridgehead atoms. The van der Waals surface area contributed by atoms with Crippen LogP contribution in [0.3, 0.4) is 0 Å². The molecule has 2 N–H and O–H groups in total. The van der Waals surface area contributed by atoms with E-state index in [9.17, 15) is 9.59 Å². The van der Waals surface area contributed by atoms with Gasteiger partial charge in [-0.15, -0.1) is 0 Å². The molecule has 2 aromatic rings. The lowest BCUT2D eigenvalue weighted by Gasteiger charge is -2.23. The monoisotopic (exact) mass is 358 g/mol. The van der Waals surface area contributed by atoms with Gasteiger partial charge >= 0.3 is 6.09 Å². The minimum Gasteiger partial charge on any atom is -0.444 e. The van der Waals surface area contributed by atoms with E-state index in [0.717, 1.165) is 11.3 Å². The van der Waals surface area contributed by atoms with Crippen molar-refractivity contribution < 1.29 is 14.3 Å². The molecule has 0 aliphatic heterocycles. The molecule has 2 amide bonds. The van der Waals surface area contributed by atoms with Crippen LogP contribution in [0.15, 0.2) is 43.0 Å². The SMILES string of the molecule is CC(NC(=O)[C@@H](C)NC(=O)OC(C)(C)C)c1ccc(-n2ccnc2)cc1. The Morgan fingerprint density at radius 2 is 1.77 bits per heavy atom. The lowest BCUT2D eigenvalue weighted by atomic mass is 10.1. The van der Waals surface area contributed by atoms with Gasteiger partial charge in [0.05, 0.1) is 12.4 Å². The van der Waals surface area contributed by atoms with Gasteiger partial charge in [-0.05, 0) is 52.3 Å². The molecule has 1 aromatic heterocycles. The summed E-state index contributed by atoms with van der Waals surface area (Å²) in [7, 11) is 0. The van der Waals surface area contributed by atoms with Crippen LogP contribution >= 0.6 is 0 Å². The van der Waals surface area contributed by atoms with Crippen molar-refractivity contribution in [2.75, 3.05) is 0 Å². The predicted octanol–water partition coefficient (Wildman–Crippen LogP) is 2.96. The van der Waals surface area contributed by atoms with Crippen molar-refractivity contribution in [2.24, 2.45) is 0 Å². The van der Waals surface area contributed by atoms with Crippen LogP contribution in [-0.4, -0.2) is 33.2 Å². The van der Waals surface area contributed by atoms with Gasteiger partial charge in [-0.3, -0.25) is 4.79 Å². The highest BCUT2D eigenvalue weighted by Gasteiger charge is 2.22. The van der Waals surface area contributed by atoms with Crippen LogP contribution in [0.25, 0.3) is 5.69 Å². The molecule has 1 aromatic carbocycles. The lowest BCUT2D eigenvalue weighted by molar-refractivity contribution is -0.123. The number of carbonyl (C=O) groups is 2. The molecule has 140 valence electrons. The molecule has 0 fully saturated rings. The number of nitrogens with zero attached hydrogens (tertiary/aromatic N) is 2. The van der Waals surface area contributed by atoms with Gasteiger partial charge in [0.2, 0.25) is 5.91 Å². The maximum absolute atomic E-state index is 12.3. The highest BCUT2D eigenvalue weighted by atomic mass is 16.6. The molecule has 0 saturated carbocycles. The minimum atomic E-state index is -0.697. The average molecular weight is 358 g/mol. The molecule has 7 nitrogen and oxygen atoms in total. The quantitative estimate of drug-likeness (QED) is 0.860. The second-order valence-electron chi connectivity index (χ2n) is 7.16. The third-order valence-corrected chi connectivity index (χ3v) is 3.68. The highest BCUT2D eigenvalue weighted by Crippen LogP contribution is 2.16. The maximum Gasteiger partial charge on any atom is 0.408 e. The van der Waals surface area contributed by atoms with Crippen molar-refractivity contribution in [3.8, 4) is 5.69 Å². The van der Waals surface area contributed by atoms with Crippen molar-refractivity contribution in [1.29, 1.82) is 0 Å². The Kier molecular flexibility index (Phi) is 6.02. The van der Waals surface area contributed by atoms with E-state index in [4.69, 9.17) is 4.74 Å². The van der Waals surface area contributed by atoms with Crippen LogP contribution in [0.4, 0.5) is 4.79 Å². The fourth-order valence-corrected chi connectivity index (χ4v) is 2.32. The maximum atomic E-state index is 12.3. The standard InChI is InChI=1S/C19H26N4O3/c1-13(15-6-8-16(9-7-15)23-11-10-20-12-23)21-17(24)14(2)22-18(25)26-19(3,4)5/h6-14H,1-5H3,(H,21,24)(H,22,25)/t13?,14-/m1/s1. The molecule has 0 saturated heterocycles. The molecular formula is C19H26N4O3. The number of nitrogens with one attached hydrogen (secondary N) is 2. The van der Waals surface area contributed by atoms with E-state index in [1.54, 1.807) is 40.2 Å². The molecule has 2 atom stereocenters. The van der Waals surface area contributed by atoms with E-state index in [2.05, 4.69) is 15.6 Å². The van der Waals surface area contributed by atoms with Crippen molar-refractivity contribution in [3.63, 3.8) is 0 Å². The summed E-state index contributed by atoms with van der Waals surface area (Å²) in [6, 6.07) is 6.93. The molecule has 0 radical (unpaired) electrons. The Labute approximate surface area is 153 Å². The molecule has 0 aliphatic rings. The van der Waals surface area contributed by atoms with Gasteiger partial charge in [0.15, 0.2) is 0 Å². The van der Waals surface area contributed by atoms with Crippen molar-refractivity contribution in [1.82, 2.24) is 20.2 Å². The van der Waals surface area contributed by atoms with Gasteiger partial charge < -0.3 is 19.9 Å². The summed E-state index contributed by atoms with van der Waals surface area (Å²) in [6.45, 7) is 8.82. The number of rotatable bonds is 5. The molecule has 7 heteroatoms. The molecule has 0 aliphatic carbocycles. The molecule has 0 spiro atoms. The zero-order valence-electron chi connectivity index (χ0n) is 15.8. The Balaban J connectivity index is 1.90. The van der Waals surface area contributed by atoms with Gasteiger partial charge in [0.25, 0.3) is 0 Å². The number of aromatic nitrogens is 2. The van der Waals surface area contributed by atoms with E-state index >= 15 is 0 Å². The predicted molar refractivity (Wildman–Crippen MR) is 99.0 cm³/mol. The van der Waals surface area contributed by atoms with Crippen LogP contribution in [0.1, 0.15) is 46.2 Å². The Hall–Kier alpha value is -2.83. The van der Waals surface area contributed by atoms with Crippen LogP contribution in [0.2, 0.25) is 0 Å². The van der Waals surface area contributed by atoms with Crippen LogP contribution in [0.5, 0.6) is 0 Å². The number of ether oxygens (including phenoxy) is 1. The molecule has 1 unspecified atom stereocenters. The number of carbonyl (C=O) groups excluding carboxylic acids is 2. The smallest absolute Gasteiger partial charge is 0.408 e. The van der Waals surface area contributed by atoms with E-state index in [-0.39, 0.29) is 11.9 Å². The number of hydrogen-bond donors (Lipinski definition) is 2. The number of benzene rings is 1. The second-order valence-corrected chi connectivity index (χ2v) is 7.16. The summed E-state index contributed by atoms with van der Waals surface area (Å²) in [4.78, 5) is 28.1. The summed E-state index contributed by atoms with van der Waals surface area (Å²) >= 11 is 0. The summed E-state index contributed by atoms with van der Waals surface area (Å²) in [5.41, 5.74) is 1.35. The number of alkyl carbamates (subject to hydrolysis) is 1. The van der Waals surface area contributed by atoms with Crippen molar-refractivity contribution >= 4 is 12.0 Å². The summed E-state index contributed by atoms with van der Waals surface area (Å²) in [6.07, 6.45) is 4.70. The van der Waals surface area contributed by atoms with Crippen molar-refractivity contribution in [3.05, 3.63) is 48.5 Å². The third-order valence-electron chi connectivity index (χ3n) is 3.68. The van der Waals surface area contributed by atoms with Crippen molar-refractivity contribution in [2.45, 2.75) is 52.3 Å². The van der Waals surface area contributed by atoms with Gasteiger partial charge in [-0.2, -0.15) is 0 Å². The lowest BCUT2D eigenvalue weighted by Crippen LogP contribution is -2.47. The van der Waals surface area contributed by atoms with E-state index in [1.165, 1.54) is 0 Å². The van der Waals surface area contributed by atoms with E-state index in [0.29, 0.717) is 0 Å². The first-order valence-corrected chi connectivity index (χ1v) is 8.54. The summed E-state index contributed by atoms with van der Waals surface area (Å²) in [5, 5.41) is 5.43. The van der Waals surface area contributed by atoms with Gasteiger partial charge in [-0.25, -0.2) is 9.78 Å². The molecular weight excluding hydrogens is 332 g/mol. The van der Waals surface area contributed by atoms with E-state index in [1.807, 2.05) is 42.0 Å². The fraction of sp³-hybridized carbons (Fsp3) is 0.421. The minimum absolute atomic E-state index is 0.192. The third kappa shape index (κ3) is 5.61. The second kappa shape index (κ2) is 8.03. The summed E-state index contributed by atoms with van der Waals surface area (Å²) < 4.78 is 7.06. The highest BCUT2D eigenvalue weighted by molar-refractivity contribution is 5.85. The number of amides is 2. The fourth-order valence-electron chi connectivity index (χ4n) is 2.32. The van der Waals surface area contributed by atoms with Crippen LogP contribution < -0.4 is 10.6 Å². The van der Waals surface area contributed by atoms with Gasteiger partial charge in [0, 0.05) is 18.1 Å². The van der Waals surface area contributed by atoms with Gasteiger partial charge in [-0.1, -0.05) is 12.1 Å². The first-order chi connectivity index (χ1) is 12.2. The molecule has 2 rings (SSSR count). The normalized spacial score (nSPS) is 13.6. The zero-order chi connectivity index (χ0) is 19.3. The van der Waals surface area contributed by atoms with Crippen LogP contribution in [-0.2, 0) is 9.53 Å².